The Kier molecular flexibility index (Phi) is 3.87. The second-order valence-corrected chi connectivity index (χ2v) is 3.44. The monoisotopic (exact) mass is 156 g/mol. The van der Waals surface area contributed by atoms with E-state index in [1.165, 1.54) is 19.3 Å². The van der Waals surface area contributed by atoms with Crippen molar-refractivity contribution in [3.8, 4) is 0 Å². The number of hydrogen-bond acceptors (Lipinski definition) is 2. The summed E-state index contributed by atoms with van der Waals surface area (Å²) in [5.74, 6) is 0.962. The molecule has 2 heteroatoms. The molecule has 1 aliphatic carbocycles. The summed E-state index contributed by atoms with van der Waals surface area (Å²) in [5.41, 5.74) is 0. The van der Waals surface area contributed by atoms with E-state index >= 15 is 0 Å². The van der Waals surface area contributed by atoms with E-state index < -0.39 is 0 Å². The van der Waals surface area contributed by atoms with Crippen LogP contribution in [0.2, 0.25) is 0 Å². The van der Waals surface area contributed by atoms with E-state index in [4.69, 9.17) is 0 Å². The highest BCUT2D eigenvalue weighted by Crippen LogP contribution is 2.32. The van der Waals surface area contributed by atoms with Crippen molar-refractivity contribution in [2.75, 3.05) is 20.1 Å². The van der Waals surface area contributed by atoms with Gasteiger partial charge in [-0.3, -0.25) is 0 Å². The van der Waals surface area contributed by atoms with Crippen LogP contribution >= 0.6 is 0 Å². The fourth-order valence-corrected chi connectivity index (χ4v) is 1.44. The minimum absolute atomic E-state index is 0.724. The maximum Gasteiger partial charge on any atom is 0.0217 e. The molecule has 0 aliphatic heterocycles. The Morgan fingerprint density at radius 3 is 2.64 bits per heavy atom. The smallest absolute Gasteiger partial charge is 0.0217 e. The normalized spacial score (nSPS) is 20.2. The van der Waals surface area contributed by atoms with Crippen molar-refractivity contribution in [1.82, 2.24) is 10.6 Å². The first-order valence-corrected chi connectivity index (χ1v) is 4.76. The zero-order valence-corrected chi connectivity index (χ0v) is 7.69. The first-order valence-electron chi connectivity index (χ1n) is 4.76. The predicted octanol–water partition coefficient (Wildman–Crippen LogP) is 0.984. The molecule has 1 atom stereocenters. The lowest BCUT2D eigenvalue weighted by molar-refractivity contribution is 0.463. The van der Waals surface area contributed by atoms with Crippen molar-refractivity contribution in [2.45, 2.75) is 32.2 Å². The molecule has 1 fully saturated rings. The van der Waals surface area contributed by atoms with Gasteiger partial charge in [-0.15, -0.1) is 0 Å². The molecule has 11 heavy (non-hydrogen) atoms. The van der Waals surface area contributed by atoms with E-state index in [0.29, 0.717) is 0 Å². The SMILES string of the molecule is CCCNCC(NC)C1CC1. The van der Waals surface area contributed by atoms with Gasteiger partial charge in [-0.05, 0) is 38.8 Å². The van der Waals surface area contributed by atoms with Crippen molar-refractivity contribution in [3.05, 3.63) is 0 Å². The molecule has 2 nitrogen and oxygen atoms in total. The van der Waals surface area contributed by atoms with Crippen LogP contribution in [0.25, 0.3) is 0 Å². The first kappa shape index (κ1) is 9.01. The molecule has 0 radical (unpaired) electrons. The van der Waals surface area contributed by atoms with Crippen LogP contribution in [0.4, 0.5) is 0 Å². The van der Waals surface area contributed by atoms with Crippen LogP contribution in [-0.4, -0.2) is 26.2 Å². The Hall–Kier alpha value is -0.0800. The van der Waals surface area contributed by atoms with Crippen molar-refractivity contribution >= 4 is 0 Å². The zero-order valence-electron chi connectivity index (χ0n) is 7.69. The first-order chi connectivity index (χ1) is 5.38. The molecule has 0 aromatic heterocycles. The third-order valence-corrected chi connectivity index (χ3v) is 2.35. The van der Waals surface area contributed by atoms with Gasteiger partial charge in [-0.1, -0.05) is 6.92 Å². The van der Waals surface area contributed by atoms with Gasteiger partial charge in [0.25, 0.3) is 0 Å². The topological polar surface area (TPSA) is 24.1 Å². The maximum absolute atomic E-state index is 3.44. The van der Waals surface area contributed by atoms with Crippen LogP contribution in [0.1, 0.15) is 26.2 Å². The van der Waals surface area contributed by atoms with E-state index in [1.807, 2.05) is 0 Å². The van der Waals surface area contributed by atoms with E-state index in [0.717, 1.165) is 25.0 Å². The second-order valence-electron chi connectivity index (χ2n) is 3.44. The van der Waals surface area contributed by atoms with Crippen LogP contribution in [0, 0.1) is 5.92 Å². The van der Waals surface area contributed by atoms with E-state index in [2.05, 4.69) is 24.6 Å². The van der Waals surface area contributed by atoms with Crippen molar-refractivity contribution < 1.29 is 0 Å². The summed E-state index contributed by atoms with van der Waals surface area (Å²) >= 11 is 0. The molecule has 0 aromatic rings. The molecule has 0 saturated heterocycles. The standard InChI is InChI=1S/C9H20N2/c1-3-6-11-7-9(10-2)8-4-5-8/h8-11H,3-7H2,1-2H3. The van der Waals surface area contributed by atoms with Gasteiger partial charge in [0.1, 0.15) is 0 Å². The van der Waals surface area contributed by atoms with Gasteiger partial charge in [0.05, 0.1) is 0 Å². The summed E-state index contributed by atoms with van der Waals surface area (Å²) in [5, 5.41) is 6.81. The summed E-state index contributed by atoms with van der Waals surface area (Å²) in [4.78, 5) is 0. The van der Waals surface area contributed by atoms with Gasteiger partial charge in [-0.25, -0.2) is 0 Å². The summed E-state index contributed by atoms with van der Waals surface area (Å²) in [6.07, 6.45) is 4.10. The number of nitrogens with one attached hydrogen (secondary N) is 2. The van der Waals surface area contributed by atoms with Gasteiger partial charge in [-0.2, -0.15) is 0 Å². The molecule has 0 amide bonds. The Morgan fingerprint density at radius 1 is 1.45 bits per heavy atom. The molecule has 1 rings (SSSR count). The predicted molar refractivity (Wildman–Crippen MR) is 48.7 cm³/mol. The highest BCUT2D eigenvalue weighted by Gasteiger charge is 2.29. The molecular formula is C9H20N2. The third-order valence-electron chi connectivity index (χ3n) is 2.35. The van der Waals surface area contributed by atoms with Crippen LogP contribution in [0.3, 0.4) is 0 Å². The highest BCUT2D eigenvalue weighted by atomic mass is 15.0. The van der Waals surface area contributed by atoms with Gasteiger partial charge >= 0.3 is 0 Å². The van der Waals surface area contributed by atoms with Crippen molar-refractivity contribution in [1.29, 1.82) is 0 Å². The summed E-state index contributed by atoms with van der Waals surface area (Å²) < 4.78 is 0. The lowest BCUT2D eigenvalue weighted by Crippen LogP contribution is -2.38. The molecule has 1 saturated carbocycles. The van der Waals surface area contributed by atoms with E-state index in [-0.39, 0.29) is 0 Å². The number of likely N-dealkylation sites (N-methyl/N-ethyl adjacent to an activating group) is 1. The zero-order chi connectivity index (χ0) is 8.10. The Labute approximate surface area is 69.8 Å². The van der Waals surface area contributed by atoms with Crippen LogP contribution in [0.15, 0.2) is 0 Å². The molecule has 66 valence electrons. The second kappa shape index (κ2) is 4.73. The van der Waals surface area contributed by atoms with Crippen LogP contribution in [0.5, 0.6) is 0 Å². The minimum atomic E-state index is 0.724. The molecule has 0 spiro atoms. The van der Waals surface area contributed by atoms with Gasteiger partial charge in [0.15, 0.2) is 0 Å². The average molecular weight is 156 g/mol. The molecule has 0 bridgehead atoms. The van der Waals surface area contributed by atoms with Gasteiger partial charge in [0, 0.05) is 12.6 Å². The lowest BCUT2D eigenvalue weighted by Gasteiger charge is -2.15. The summed E-state index contributed by atoms with van der Waals surface area (Å²) in [6.45, 7) is 4.51. The van der Waals surface area contributed by atoms with E-state index in [9.17, 15) is 0 Å². The molecule has 2 N–H and O–H groups in total. The van der Waals surface area contributed by atoms with Gasteiger partial charge < -0.3 is 10.6 Å². The average Bonchev–Trinajstić information content (AvgIpc) is 2.81. The van der Waals surface area contributed by atoms with Gasteiger partial charge in [0.2, 0.25) is 0 Å². The fourth-order valence-electron chi connectivity index (χ4n) is 1.44. The number of rotatable bonds is 6. The highest BCUT2D eigenvalue weighted by molar-refractivity contribution is 4.86. The van der Waals surface area contributed by atoms with Crippen molar-refractivity contribution in [2.24, 2.45) is 5.92 Å². The fraction of sp³-hybridized carbons (Fsp3) is 1.00. The van der Waals surface area contributed by atoms with Crippen LogP contribution in [-0.2, 0) is 0 Å². The Balaban J connectivity index is 2.01. The Bertz CT molecular complexity index is 99.7. The summed E-state index contributed by atoms with van der Waals surface area (Å²) in [6, 6.07) is 0.724. The van der Waals surface area contributed by atoms with E-state index in [1.54, 1.807) is 0 Å². The minimum Gasteiger partial charge on any atom is -0.315 e. The lowest BCUT2D eigenvalue weighted by atomic mass is 10.2. The summed E-state index contributed by atoms with van der Waals surface area (Å²) in [7, 11) is 2.07. The molecule has 0 heterocycles. The molecule has 1 unspecified atom stereocenters. The maximum atomic E-state index is 3.44. The molecule has 0 aromatic carbocycles. The quantitative estimate of drug-likeness (QED) is 0.560. The molecule has 1 aliphatic rings. The largest absolute Gasteiger partial charge is 0.315 e. The molecular weight excluding hydrogens is 136 g/mol. The van der Waals surface area contributed by atoms with Crippen LogP contribution < -0.4 is 10.6 Å². The van der Waals surface area contributed by atoms with Crippen molar-refractivity contribution in [3.63, 3.8) is 0 Å². The third kappa shape index (κ3) is 3.21. The number of hydrogen-bond donors (Lipinski definition) is 2. The Morgan fingerprint density at radius 2 is 2.18 bits per heavy atom.